The SMILES string of the molecule is CCN1C(=O)N[C@@H](c2ccc(Cl)cc2)C2=C1CN(C(C)(C)C(=O)NCc1ccccn1)C2=O. The Bertz CT molecular complexity index is 1110. The summed E-state index contributed by atoms with van der Waals surface area (Å²) in [4.78, 5) is 46.9. The van der Waals surface area contributed by atoms with Crippen molar-refractivity contribution in [1.82, 2.24) is 25.4 Å². The van der Waals surface area contributed by atoms with Crippen LogP contribution in [-0.4, -0.2) is 51.3 Å². The van der Waals surface area contributed by atoms with Gasteiger partial charge in [0.2, 0.25) is 5.91 Å². The Morgan fingerprint density at radius 2 is 1.94 bits per heavy atom. The third-order valence-electron chi connectivity index (χ3n) is 6.13. The van der Waals surface area contributed by atoms with E-state index >= 15 is 0 Å². The minimum atomic E-state index is -1.14. The number of carbonyl (C=O) groups is 3. The Morgan fingerprint density at radius 3 is 2.58 bits per heavy atom. The van der Waals surface area contributed by atoms with Gasteiger partial charge >= 0.3 is 6.03 Å². The number of nitrogens with zero attached hydrogens (tertiary/aromatic N) is 3. The molecule has 0 bridgehead atoms. The van der Waals surface area contributed by atoms with E-state index in [4.69, 9.17) is 11.6 Å². The second-order valence-electron chi connectivity index (χ2n) is 8.49. The number of urea groups is 1. The summed E-state index contributed by atoms with van der Waals surface area (Å²) in [6.07, 6.45) is 1.66. The number of hydrogen-bond acceptors (Lipinski definition) is 4. The molecule has 3 heterocycles. The lowest BCUT2D eigenvalue weighted by Crippen LogP contribution is -2.56. The van der Waals surface area contributed by atoms with Gasteiger partial charge in [0.15, 0.2) is 0 Å². The first kappa shape index (κ1) is 22.8. The highest BCUT2D eigenvalue weighted by Crippen LogP contribution is 2.39. The van der Waals surface area contributed by atoms with Crippen molar-refractivity contribution in [3.63, 3.8) is 0 Å². The fourth-order valence-corrected chi connectivity index (χ4v) is 4.32. The number of aromatic nitrogens is 1. The monoisotopic (exact) mass is 467 g/mol. The minimum Gasteiger partial charge on any atom is -0.348 e. The van der Waals surface area contributed by atoms with E-state index in [1.54, 1.807) is 55.3 Å². The van der Waals surface area contributed by atoms with Crippen LogP contribution in [0.1, 0.15) is 38.1 Å². The van der Waals surface area contributed by atoms with Crippen molar-refractivity contribution in [2.24, 2.45) is 0 Å². The summed E-state index contributed by atoms with van der Waals surface area (Å²) >= 11 is 6.02. The van der Waals surface area contributed by atoms with Crippen LogP contribution in [-0.2, 0) is 16.1 Å². The molecule has 1 aromatic carbocycles. The zero-order valence-electron chi connectivity index (χ0n) is 18.8. The maximum absolute atomic E-state index is 13.7. The third-order valence-corrected chi connectivity index (χ3v) is 6.38. The molecule has 2 aliphatic rings. The van der Waals surface area contributed by atoms with Crippen molar-refractivity contribution < 1.29 is 14.4 Å². The molecule has 9 heteroatoms. The van der Waals surface area contributed by atoms with Crippen molar-refractivity contribution >= 4 is 29.4 Å². The maximum atomic E-state index is 13.7. The lowest BCUT2D eigenvalue weighted by Gasteiger charge is -2.34. The van der Waals surface area contributed by atoms with Crippen molar-refractivity contribution in [3.8, 4) is 0 Å². The fraction of sp³-hybridized carbons (Fsp3) is 0.333. The molecule has 0 radical (unpaired) electrons. The fourth-order valence-electron chi connectivity index (χ4n) is 4.20. The first-order valence-electron chi connectivity index (χ1n) is 10.8. The molecule has 2 N–H and O–H groups in total. The van der Waals surface area contributed by atoms with Crippen LogP contribution in [0, 0.1) is 0 Å². The van der Waals surface area contributed by atoms with Crippen LogP contribution < -0.4 is 10.6 Å². The molecule has 4 amide bonds. The van der Waals surface area contributed by atoms with Gasteiger partial charge in [-0.25, -0.2) is 4.79 Å². The Labute approximate surface area is 197 Å². The van der Waals surface area contributed by atoms with Crippen molar-refractivity contribution in [2.45, 2.75) is 38.9 Å². The van der Waals surface area contributed by atoms with Gasteiger partial charge in [-0.05, 0) is 50.6 Å². The number of halogens is 1. The number of likely N-dealkylation sites (N-methyl/N-ethyl adjacent to an activating group) is 1. The molecule has 172 valence electrons. The summed E-state index contributed by atoms with van der Waals surface area (Å²) in [5.74, 6) is -0.576. The molecule has 0 saturated heterocycles. The average Bonchev–Trinajstić information content (AvgIpc) is 3.16. The van der Waals surface area contributed by atoms with Crippen LogP contribution in [0.5, 0.6) is 0 Å². The van der Waals surface area contributed by atoms with Gasteiger partial charge < -0.3 is 15.5 Å². The molecular formula is C24H26ClN5O3. The molecule has 1 aromatic heterocycles. The smallest absolute Gasteiger partial charge is 0.322 e. The third kappa shape index (κ3) is 4.18. The molecule has 8 nitrogen and oxygen atoms in total. The first-order valence-corrected chi connectivity index (χ1v) is 11.2. The minimum absolute atomic E-state index is 0.170. The van der Waals surface area contributed by atoms with Crippen LogP contribution in [0.15, 0.2) is 59.9 Å². The highest BCUT2D eigenvalue weighted by Gasteiger charge is 2.49. The van der Waals surface area contributed by atoms with Gasteiger partial charge in [0.05, 0.1) is 36.1 Å². The number of amides is 4. The molecule has 33 heavy (non-hydrogen) atoms. The summed E-state index contributed by atoms with van der Waals surface area (Å²) in [6.45, 7) is 6.10. The second kappa shape index (κ2) is 8.86. The van der Waals surface area contributed by atoms with E-state index in [2.05, 4.69) is 15.6 Å². The Balaban J connectivity index is 1.61. The van der Waals surface area contributed by atoms with Gasteiger partial charge in [-0.3, -0.25) is 19.5 Å². The number of rotatable bonds is 6. The molecule has 1 atom stereocenters. The summed E-state index contributed by atoms with van der Waals surface area (Å²) in [5.41, 5.74) is 1.43. The molecule has 0 saturated carbocycles. The van der Waals surface area contributed by atoms with E-state index in [9.17, 15) is 14.4 Å². The van der Waals surface area contributed by atoms with E-state index in [1.165, 1.54) is 4.90 Å². The summed E-state index contributed by atoms with van der Waals surface area (Å²) in [6, 6.07) is 11.6. The zero-order valence-corrected chi connectivity index (χ0v) is 19.5. The highest BCUT2D eigenvalue weighted by atomic mass is 35.5. The van der Waals surface area contributed by atoms with Gasteiger partial charge in [0.25, 0.3) is 5.91 Å². The standard InChI is InChI=1S/C24H26ClN5O3/c1-4-29-18-14-30(24(2,3)22(32)27-13-17-7-5-6-12-26-17)21(31)19(18)20(28-23(29)33)15-8-10-16(25)11-9-15/h5-12,20H,4,13-14H2,1-3H3,(H,27,32)(H,28,33)/t20-/m0/s1. The Hall–Kier alpha value is -3.39. The molecule has 2 aliphatic heterocycles. The van der Waals surface area contributed by atoms with E-state index in [0.29, 0.717) is 22.8 Å². The van der Waals surface area contributed by atoms with Crippen molar-refractivity contribution in [3.05, 3.63) is 76.2 Å². The largest absolute Gasteiger partial charge is 0.348 e. The predicted molar refractivity (Wildman–Crippen MR) is 124 cm³/mol. The Kier molecular flexibility index (Phi) is 6.12. The quantitative estimate of drug-likeness (QED) is 0.682. The van der Waals surface area contributed by atoms with E-state index < -0.39 is 11.6 Å². The van der Waals surface area contributed by atoms with Crippen LogP contribution in [0.3, 0.4) is 0 Å². The van der Waals surface area contributed by atoms with Gasteiger partial charge in [-0.2, -0.15) is 0 Å². The van der Waals surface area contributed by atoms with Crippen LogP contribution >= 0.6 is 11.6 Å². The molecule has 0 fully saturated rings. The number of hydrogen-bond donors (Lipinski definition) is 2. The van der Waals surface area contributed by atoms with Crippen LogP contribution in [0.25, 0.3) is 0 Å². The Morgan fingerprint density at radius 1 is 1.21 bits per heavy atom. The lowest BCUT2D eigenvalue weighted by atomic mass is 9.95. The summed E-state index contributed by atoms with van der Waals surface area (Å²) in [5, 5.41) is 6.37. The van der Waals surface area contributed by atoms with Gasteiger partial charge in [0, 0.05) is 17.8 Å². The highest BCUT2D eigenvalue weighted by molar-refractivity contribution is 6.30. The lowest BCUT2D eigenvalue weighted by molar-refractivity contribution is -0.141. The first-order chi connectivity index (χ1) is 15.7. The molecular weight excluding hydrogens is 442 g/mol. The summed E-state index contributed by atoms with van der Waals surface area (Å²) < 4.78 is 0. The number of benzene rings is 1. The molecule has 4 rings (SSSR count). The van der Waals surface area contributed by atoms with Gasteiger partial charge in [-0.15, -0.1) is 0 Å². The predicted octanol–water partition coefficient (Wildman–Crippen LogP) is 3.01. The van der Waals surface area contributed by atoms with E-state index in [-0.39, 0.29) is 30.9 Å². The van der Waals surface area contributed by atoms with Crippen LogP contribution in [0.4, 0.5) is 4.79 Å². The van der Waals surface area contributed by atoms with Gasteiger partial charge in [0.1, 0.15) is 5.54 Å². The normalized spacial score (nSPS) is 18.4. The zero-order chi connectivity index (χ0) is 23.8. The maximum Gasteiger partial charge on any atom is 0.322 e. The molecule has 2 aromatic rings. The number of pyridine rings is 1. The molecule has 0 spiro atoms. The molecule has 0 aliphatic carbocycles. The van der Waals surface area contributed by atoms with Crippen molar-refractivity contribution in [2.75, 3.05) is 13.1 Å². The van der Waals surface area contributed by atoms with Crippen LogP contribution in [0.2, 0.25) is 5.02 Å². The number of carbonyl (C=O) groups excluding carboxylic acids is 3. The molecule has 0 unspecified atom stereocenters. The average molecular weight is 468 g/mol. The van der Waals surface area contributed by atoms with Gasteiger partial charge in [-0.1, -0.05) is 29.8 Å². The topological polar surface area (TPSA) is 94.6 Å². The van der Waals surface area contributed by atoms with E-state index in [1.807, 2.05) is 19.1 Å². The number of nitrogens with one attached hydrogen (secondary N) is 2. The van der Waals surface area contributed by atoms with Crippen molar-refractivity contribution in [1.29, 1.82) is 0 Å². The summed E-state index contributed by atoms with van der Waals surface area (Å²) in [7, 11) is 0. The van der Waals surface area contributed by atoms with E-state index in [0.717, 1.165) is 11.3 Å². The second-order valence-corrected chi connectivity index (χ2v) is 8.93.